The van der Waals surface area contributed by atoms with Crippen molar-refractivity contribution in [2.75, 3.05) is 0 Å². The van der Waals surface area contributed by atoms with Crippen LogP contribution in [0.1, 0.15) is 96.3 Å². The van der Waals surface area contributed by atoms with Crippen LogP contribution in [-0.4, -0.2) is 26.6 Å². The summed E-state index contributed by atoms with van der Waals surface area (Å²) in [5, 5.41) is 3.65. The Balaban J connectivity index is 1.52. The van der Waals surface area contributed by atoms with Crippen molar-refractivity contribution in [3.8, 4) is 0 Å². The zero-order valence-corrected chi connectivity index (χ0v) is 28.6. The summed E-state index contributed by atoms with van der Waals surface area (Å²) in [5.74, 6) is 0. The predicted octanol–water partition coefficient (Wildman–Crippen LogP) is 7.53. The van der Waals surface area contributed by atoms with E-state index in [0.29, 0.717) is 0 Å². The Labute approximate surface area is 261 Å². The van der Waals surface area contributed by atoms with Gasteiger partial charge in [0.1, 0.15) is 0 Å². The van der Waals surface area contributed by atoms with Crippen molar-refractivity contribution in [1.29, 1.82) is 0 Å². The van der Waals surface area contributed by atoms with E-state index in [-0.39, 0.29) is 18.3 Å². The summed E-state index contributed by atoms with van der Waals surface area (Å²) in [7, 11) is -3.09. The molecule has 0 bridgehead atoms. The number of benzene rings is 3. The van der Waals surface area contributed by atoms with Gasteiger partial charge in [0.2, 0.25) is 0 Å². The molecule has 0 heterocycles. The monoisotopic (exact) mass is 662 g/mol. The molecule has 0 saturated heterocycles. The zero-order chi connectivity index (χ0) is 28.5. The minimum atomic E-state index is -4.76. The summed E-state index contributed by atoms with van der Waals surface area (Å²) in [6, 6.07) is 32.7. The van der Waals surface area contributed by atoms with Crippen LogP contribution in [0.15, 0.2) is 91.0 Å². The van der Waals surface area contributed by atoms with Crippen molar-refractivity contribution < 1.29 is 33.0 Å². The quantitative estimate of drug-likeness (QED) is 0.157. The van der Waals surface area contributed by atoms with Crippen molar-refractivity contribution in [2.24, 2.45) is 0 Å². The molecule has 3 aliphatic rings. The van der Waals surface area contributed by atoms with Gasteiger partial charge in [0.25, 0.3) is 0 Å². The first-order valence-electron chi connectivity index (χ1n) is 16.7. The van der Waals surface area contributed by atoms with Gasteiger partial charge < -0.3 is 0 Å². The Morgan fingerprint density at radius 2 is 0.690 bits per heavy atom. The molecule has 3 saturated carbocycles. The molecule has 0 amide bonds. The summed E-state index contributed by atoms with van der Waals surface area (Å²) in [6.45, 7) is 0. The molecular formula is C36H48O4SiZr. The predicted molar refractivity (Wildman–Crippen MR) is 169 cm³/mol. The van der Waals surface area contributed by atoms with Crippen molar-refractivity contribution in [2.45, 2.75) is 115 Å². The van der Waals surface area contributed by atoms with E-state index >= 15 is 0 Å². The molecule has 0 unspecified atom stereocenters. The molecule has 224 valence electrons. The fourth-order valence-electron chi connectivity index (χ4n) is 7.20. The number of hydrogen-bond acceptors (Lipinski definition) is 4. The molecule has 6 rings (SSSR count). The summed E-state index contributed by atoms with van der Waals surface area (Å²) in [4.78, 5) is 0. The molecule has 3 fully saturated rings. The zero-order valence-electron chi connectivity index (χ0n) is 25.1. The van der Waals surface area contributed by atoms with Crippen LogP contribution in [0.4, 0.5) is 0 Å². The molecule has 3 aliphatic carbocycles. The molecule has 0 aromatic heterocycles. The average molecular weight is 664 g/mol. The SMILES string of the molecule is c1ccc([Si]([O][Zr]([O]C2CCCCC2)([O]C2CCCCC2)[O]C2CCCCC2)(c2ccccc2)c2ccccc2)cc1. The van der Waals surface area contributed by atoms with Crippen LogP contribution in [0, 0.1) is 0 Å². The minimum absolute atomic E-state index is 0.149. The van der Waals surface area contributed by atoms with E-state index in [1.165, 1.54) is 73.3 Å². The molecule has 4 nitrogen and oxygen atoms in total. The van der Waals surface area contributed by atoms with Crippen LogP contribution < -0.4 is 15.6 Å². The van der Waals surface area contributed by atoms with E-state index in [1.54, 1.807) is 0 Å². The molecule has 0 N–H and O–H groups in total. The Kier molecular flexibility index (Phi) is 11.0. The third-order valence-corrected chi connectivity index (χ3v) is 22.1. The van der Waals surface area contributed by atoms with Crippen LogP contribution in [-0.2, 0) is 33.0 Å². The van der Waals surface area contributed by atoms with Gasteiger partial charge in [-0.25, -0.2) is 0 Å². The van der Waals surface area contributed by atoms with Gasteiger partial charge in [0, 0.05) is 0 Å². The van der Waals surface area contributed by atoms with Gasteiger partial charge in [-0.3, -0.25) is 0 Å². The van der Waals surface area contributed by atoms with Gasteiger partial charge in [-0.2, -0.15) is 0 Å². The maximum absolute atomic E-state index is 7.97. The second kappa shape index (κ2) is 15.1. The Bertz CT molecular complexity index is 1050. The topological polar surface area (TPSA) is 36.9 Å². The molecule has 3 aromatic rings. The van der Waals surface area contributed by atoms with Crippen LogP contribution in [0.3, 0.4) is 0 Å². The van der Waals surface area contributed by atoms with Crippen LogP contribution in [0.25, 0.3) is 0 Å². The maximum atomic E-state index is 7.97. The summed E-state index contributed by atoms with van der Waals surface area (Å²) in [5.41, 5.74) is 0. The molecule has 6 heteroatoms. The second-order valence-electron chi connectivity index (χ2n) is 12.5. The fraction of sp³-hybridized carbons (Fsp3) is 0.500. The van der Waals surface area contributed by atoms with E-state index in [9.17, 15) is 0 Å². The molecule has 0 atom stereocenters. The third-order valence-electron chi connectivity index (χ3n) is 9.41. The van der Waals surface area contributed by atoms with Gasteiger partial charge in [0.05, 0.1) is 0 Å². The Hall–Kier alpha value is -1.40. The number of hydrogen-bond donors (Lipinski definition) is 0. The first-order chi connectivity index (χ1) is 20.8. The summed E-state index contributed by atoms with van der Waals surface area (Å²) in [6.07, 6.45) is 18.0. The molecule has 0 spiro atoms. The van der Waals surface area contributed by atoms with Crippen LogP contribution in [0.2, 0.25) is 0 Å². The first-order valence-corrected chi connectivity index (χ1v) is 22.6. The van der Waals surface area contributed by atoms with E-state index in [0.717, 1.165) is 38.5 Å². The molecular weight excluding hydrogens is 616 g/mol. The van der Waals surface area contributed by atoms with Crippen molar-refractivity contribution in [3.05, 3.63) is 91.0 Å². The van der Waals surface area contributed by atoms with Gasteiger partial charge in [-0.05, 0) is 0 Å². The van der Waals surface area contributed by atoms with E-state index in [4.69, 9.17) is 10.9 Å². The van der Waals surface area contributed by atoms with E-state index in [1.807, 2.05) is 0 Å². The van der Waals surface area contributed by atoms with Gasteiger partial charge in [0.15, 0.2) is 0 Å². The van der Waals surface area contributed by atoms with E-state index < -0.39 is 30.3 Å². The van der Waals surface area contributed by atoms with Gasteiger partial charge in [-0.15, -0.1) is 0 Å². The van der Waals surface area contributed by atoms with Gasteiger partial charge >= 0.3 is 262 Å². The standard InChI is InChI=1S/C18H15OSi.3C6H11O.Zr/c19-20(16-10-4-1-5-11-16,17-12-6-2-7-13-17)18-14-8-3-9-15-18;3*7-6-4-2-1-3-5-6;/h1-15H;3*6H,1-5H2;/q4*-1;+4. The van der Waals surface area contributed by atoms with E-state index in [2.05, 4.69) is 91.0 Å². The molecule has 42 heavy (non-hydrogen) atoms. The number of rotatable bonds is 11. The normalized spacial score (nSPS) is 20.0. The third kappa shape index (κ3) is 7.45. The fourth-order valence-corrected chi connectivity index (χ4v) is 22.7. The first kappa shape index (κ1) is 30.6. The summed E-state index contributed by atoms with van der Waals surface area (Å²) >= 11 is -4.76. The van der Waals surface area contributed by atoms with Gasteiger partial charge in [-0.1, -0.05) is 0 Å². The average Bonchev–Trinajstić information content (AvgIpc) is 3.06. The Morgan fingerprint density at radius 3 is 0.976 bits per heavy atom. The van der Waals surface area contributed by atoms with Crippen LogP contribution >= 0.6 is 0 Å². The molecule has 3 aromatic carbocycles. The summed E-state index contributed by atoms with van der Waals surface area (Å²) < 4.78 is 30.1. The second-order valence-corrected chi connectivity index (χ2v) is 21.5. The van der Waals surface area contributed by atoms with Crippen molar-refractivity contribution in [3.63, 3.8) is 0 Å². The van der Waals surface area contributed by atoms with Crippen molar-refractivity contribution in [1.82, 2.24) is 0 Å². The Morgan fingerprint density at radius 1 is 0.405 bits per heavy atom. The molecule has 0 aliphatic heterocycles. The molecule has 0 radical (unpaired) electrons. The van der Waals surface area contributed by atoms with Crippen molar-refractivity contribution >= 4 is 23.9 Å². The van der Waals surface area contributed by atoms with Crippen LogP contribution in [0.5, 0.6) is 0 Å².